The van der Waals surface area contributed by atoms with Gasteiger partial charge in [-0.2, -0.15) is 0 Å². The summed E-state index contributed by atoms with van der Waals surface area (Å²) in [5, 5.41) is 10.6. The molecule has 5 rings (SSSR count). The van der Waals surface area contributed by atoms with Crippen LogP contribution in [0.2, 0.25) is 0 Å². The number of hydrogen-bond acceptors (Lipinski definition) is 6. The number of rotatable bonds is 8. The number of pyridine rings is 1. The monoisotopic (exact) mass is 466 g/mol. The largest absolute Gasteiger partial charge is 0.492 e. The molecule has 3 aromatic heterocycles. The fraction of sp³-hybridized carbons (Fsp3) is 0.111. The Morgan fingerprint density at radius 3 is 2.43 bits per heavy atom. The average Bonchev–Trinajstić information content (AvgIpc) is 3.25. The van der Waals surface area contributed by atoms with Gasteiger partial charge in [-0.05, 0) is 55.5 Å². The third-order valence-corrected chi connectivity index (χ3v) is 5.50. The number of fused-ring (bicyclic) bond motifs is 1. The molecule has 0 atom stereocenters. The van der Waals surface area contributed by atoms with E-state index in [2.05, 4.69) is 15.0 Å². The Morgan fingerprint density at radius 1 is 0.914 bits per heavy atom. The smallest absolute Gasteiger partial charge is 0.352 e. The second-order valence-electron chi connectivity index (χ2n) is 7.90. The van der Waals surface area contributed by atoms with Crippen molar-refractivity contribution in [2.24, 2.45) is 0 Å². The normalized spacial score (nSPS) is 10.9. The highest BCUT2D eigenvalue weighted by atomic mass is 16.5. The molecule has 0 amide bonds. The van der Waals surface area contributed by atoms with Crippen molar-refractivity contribution in [3.8, 4) is 28.8 Å². The third-order valence-electron chi connectivity index (χ3n) is 5.50. The van der Waals surface area contributed by atoms with Crippen molar-refractivity contribution >= 4 is 16.9 Å². The fourth-order valence-corrected chi connectivity index (χ4v) is 3.93. The Labute approximate surface area is 201 Å². The number of nitrogens with zero attached hydrogens (tertiary/aromatic N) is 4. The molecule has 0 aliphatic rings. The zero-order valence-corrected chi connectivity index (χ0v) is 19.0. The maximum Gasteiger partial charge on any atom is 0.352 e. The van der Waals surface area contributed by atoms with Crippen molar-refractivity contribution in [1.82, 2.24) is 19.5 Å². The van der Waals surface area contributed by atoms with E-state index in [0.29, 0.717) is 18.0 Å². The van der Waals surface area contributed by atoms with Crippen LogP contribution in [0.4, 0.5) is 0 Å². The van der Waals surface area contributed by atoms with Crippen LogP contribution in [0.25, 0.3) is 22.2 Å². The van der Waals surface area contributed by atoms with Gasteiger partial charge in [-0.25, -0.2) is 14.8 Å². The summed E-state index contributed by atoms with van der Waals surface area (Å²) in [6, 6.07) is 20.6. The van der Waals surface area contributed by atoms with Gasteiger partial charge in [-0.3, -0.25) is 4.98 Å². The summed E-state index contributed by atoms with van der Waals surface area (Å²) in [6.07, 6.45) is 4.92. The van der Waals surface area contributed by atoms with Crippen LogP contribution in [0.5, 0.6) is 17.5 Å². The van der Waals surface area contributed by atoms with E-state index in [9.17, 15) is 9.90 Å². The second kappa shape index (κ2) is 9.64. The van der Waals surface area contributed by atoms with Gasteiger partial charge in [-0.15, -0.1) is 0 Å². The Bertz CT molecular complexity index is 1480. The molecule has 0 aliphatic carbocycles. The molecule has 0 spiro atoms. The van der Waals surface area contributed by atoms with Gasteiger partial charge in [0.15, 0.2) is 0 Å². The van der Waals surface area contributed by atoms with E-state index >= 15 is 0 Å². The minimum atomic E-state index is -0.999. The lowest BCUT2D eigenvalue weighted by atomic mass is 10.1. The third kappa shape index (κ3) is 4.81. The average molecular weight is 466 g/mol. The number of carbonyl (C=O) groups is 1. The van der Waals surface area contributed by atoms with Crippen LogP contribution in [0.3, 0.4) is 0 Å². The summed E-state index contributed by atoms with van der Waals surface area (Å²) in [6.45, 7) is 2.66. The van der Waals surface area contributed by atoms with Crippen LogP contribution in [0, 0.1) is 6.92 Å². The lowest BCUT2D eigenvalue weighted by molar-refractivity contribution is 0.0684. The molecule has 8 heteroatoms. The van der Waals surface area contributed by atoms with Crippen molar-refractivity contribution in [2.75, 3.05) is 6.61 Å². The molecule has 0 saturated carbocycles. The van der Waals surface area contributed by atoms with Crippen molar-refractivity contribution < 1.29 is 19.4 Å². The SMILES string of the molecule is Cc1cccc(-c2nccc3c2cc(C(=O)O)n3CCOc2ccc(Oc3ncccn3)cc2)c1. The van der Waals surface area contributed by atoms with E-state index in [1.807, 2.05) is 37.3 Å². The van der Waals surface area contributed by atoms with E-state index in [0.717, 1.165) is 27.7 Å². The molecular weight excluding hydrogens is 444 g/mol. The number of carboxylic acid groups (broad SMARTS) is 1. The quantitative estimate of drug-likeness (QED) is 0.328. The maximum atomic E-state index is 12.0. The number of benzene rings is 2. The van der Waals surface area contributed by atoms with Crippen LogP contribution >= 0.6 is 0 Å². The maximum absolute atomic E-state index is 12.0. The number of aromatic carboxylic acids is 1. The molecular formula is C27H22N4O4. The summed E-state index contributed by atoms with van der Waals surface area (Å²) < 4.78 is 13.2. The highest BCUT2D eigenvalue weighted by Gasteiger charge is 2.18. The lowest BCUT2D eigenvalue weighted by Crippen LogP contribution is -2.13. The first-order chi connectivity index (χ1) is 17.1. The number of aromatic nitrogens is 4. The predicted octanol–water partition coefficient (Wildman–Crippen LogP) is 5.37. The van der Waals surface area contributed by atoms with Crippen molar-refractivity contribution in [3.05, 3.63) is 96.6 Å². The van der Waals surface area contributed by atoms with Gasteiger partial charge in [0.1, 0.15) is 23.8 Å². The van der Waals surface area contributed by atoms with Gasteiger partial charge >= 0.3 is 12.0 Å². The summed E-state index contributed by atoms with van der Waals surface area (Å²) >= 11 is 0. The minimum absolute atomic E-state index is 0.192. The van der Waals surface area contributed by atoms with Gasteiger partial charge in [0, 0.05) is 29.5 Å². The zero-order chi connectivity index (χ0) is 24.2. The summed E-state index contributed by atoms with van der Waals surface area (Å²) in [5.74, 6) is 0.229. The highest BCUT2D eigenvalue weighted by molar-refractivity contribution is 6.00. The number of ether oxygens (including phenoxy) is 2. The molecule has 8 nitrogen and oxygen atoms in total. The molecule has 0 unspecified atom stereocenters. The van der Waals surface area contributed by atoms with E-state index < -0.39 is 5.97 Å². The Morgan fingerprint density at radius 2 is 1.69 bits per heavy atom. The number of aryl methyl sites for hydroxylation is 1. The second-order valence-corrected chi connectivity index (χ2v) is 7.90. The van der Waals surface area contributed by atoms with Crippen LogP contribution in [0.1, 0.15) is 16.1 Å². The van der Waals surface area contributed by atoms with Crippen LogP contribution < -0.4 is 9.47 Å². The molecule has 0 bridgehead atoms. The summed E-state index contributed by atoms with van der Waals surface area (Å²) in [4.78, 5) is 24.6. The molecule has 174 valence electrons. The highest BCUT2D eigenvalue weighted by Crippen LogP contribution is 2.30. The van der Waals surface area contributed by atoms with Crippen LogP contribution in [-0.2, 0) is 6.54 Å². The number of carboxylic acids is 1. The van der Waals surface area contributed by atoms with E-state index in [4.69, 9.17) is 9.47 Å². The Kier molecular flexibility index (Phi) is 6.09. The summed E-state index contributed by atoms with van der Waals surface area (Å²) in [5.41, 5.74) is 3.80. The minimum Gasteiger partial charge on any atom is -0.492 e. The van der Waals surface area contributed by atoms with Crippen molar-refractivity contribution in [2.45, 2.75) is 13.5 Å². The van der Waals surface area contributed by atoms with Gasteiger partial charge in [-0.1, -0.05) is 23.8 Å². The first-order valence-electron chi connectivity index (χ1n) is 11.0. The Balaban J connectivity index is 1.34. The molecule has 1 N–H and O–H groups in total. The number of hydrogen-bond donors (Lipinski definition) is 1. The first kappa shape index (κ1) is 22.1. The topological polar surface area (TPSA) is 99.4 Å². The van der Waals surface area contributed by atoms with Crippen LogP contribution in [0.15, 0.2) is 85.3 Å². The van der Waals surface area contributed by atoms with E-state index in [1.165, 1.54) is 0 Å². The Hall–Kier alpha value is -4.72. The molecule has 0 aliphatic heterocycles. The molecule has 0 fully saturated rings. The molecule has 0 saturated heterocycles. The predicted molar refractivity (Wildman–Crippen MR) is 131 cm³/mol. The fourth-order valence-electron chi connectivity index (χ4n) is 3.93. The summed E-state index contributed by atoms with van der Waals surface area (Å²) in [7, 11) is 0. The van der Waals surface area contributed by atoms with Gasteiger partial charge in [0.05, 0.1) is 17.8 Å². The standard InChI is InChI=1S/C27H22N4O4/c1-18-4-2-5-19(16-18)25-22-17-24(26(32)33)31(23(22)10-13-28-25)14-15-34-20-6-8-21(9-7-20)35-27-29-11-3-12-30-27/h2-13,16-17H,14-15H2,1H3,(H,32,33). The van der Waals surface area contributed by atoms with E-state index in [-0.39, 0.29) is 18.3 Å². The molecule has 35 heavy (non-hydrogen) atoms. The zero-order valence-electron chi connectivity index (χ0n) is 19.0. The molecule has 0 radical (unpaired) electrons. The van der Waals surface area contributed by atoms with Gasteiger partial charge < -0.3 is 19.1 Å². The molecule has 2 aromatic carbocycles. The van der Waals surface area contributed by atoms with Crippen LogP contribution in [-0.4, -0.2) is 37.2 Å². The molecule has 3 heterocycles. The lowest BCUT2D eigenvalue weighted by Gasteiger charge is -2.11. The molecule has 5 aromatic rings. The van der Waals surface area contributed by atoms with Crippen molar-refractivity contribution in [1.29, 1.82) is 0 Å². The van der Waals surface area contributed by atoms with E-state index in [1.54, 1.807) is 59.6 Å². The van der Waals surface area contributed by atoms with Gasteiger partial charge in [0.25, 0.3) is 0 Å². The van der Waals surface area contributed by atoms with Crippen molar-refractivity contribution in [3.63, 3.8) is 0 Å². The first-order valence-corrected chi connectivity index (χ1v) is 11.0. The van der Waals surface area contributed by atoms with Gasteiger partial charge in [0.2, 0.25) is 0 Å².